The van der Waals surface area contributed by atoms with E-state index in [4.69, 9.17) is 0 Å². The molecule has 1 aliphatic carbocycles. The fourth-order valence-electron chi connectivity index (χ4n) is 6.09. The zero-order valence-corrected chi connectivity index (χ0v) is 27.2. The molecule has 2 heterocycles. The Morgan fingerprint density at radius 1 is 1.02 bits per heavy atom. The lowest BCUT2D eigenvalue weighted by molar-refractivity contribution is -0.862. The minimum Gasteiger partial charge on any atom is -0.351 e. The summed E-state index contributed by atoms with van der Waals surface area (Å²) in [5.41, 5.74) is -0.536. The van der Waals surface area contributed by atoms with E-state index in [0.29, 0.717) is 47.4 Å². The highest BCUT2D eigenvalue weighted by atomic mass is 19.4. The highest BCUT2D eigenvalue weighted by molar-refractivity contribution is 6.00. The van der Waals surface area contributed by atoms with E-state index >= 15 is 0 Å². The Labute approximate surface area is 275 Å². The first kappa shape index (κ1) is 34.2. The van der Waals surface area contributed by atoms with E-state index in [2.05, 4.69) is 21.8 Å². The molecule has 1 saturated carbocycles. The minimum absolute atomic E-state index is 0.0215. The molecule has 48 heavy (non-hydrogen) atoms. The van der Waals surface area contributed by atoms with Crippen LogP contribution < -0.4 is 16.2 Å². The summed E-state index contributed by atoms with van der Waals surface area (Å²) in [6.45, 7) is 0.913. The van der Waals surface area contributed by atoms with Gasteiger partial charge in [0.2, 0.25) is 0 Å². The second-order valence-corrected chi connectivity index (χ2v) is 13.1. The molecule has 1 fully saturated rings. The van der Waals surface area contributed by atoms with E-state index in [1.807, 2.05) is 21.1 Å². The van der Waals surface area contributed by atoms with Gasteiger partial charge >= 0.3 is 6.18 Å². The first-order valence-electron chi connectivity index (χ1n) is 15.6. The Hall–Kier alpha value is -5.16. The third-order valence-electron chi connectivity index (χ3n) is 8.43. The molecule has 4 aromatic rings. The van der Waals surface area contributed by atoms with Crippen molar-refractivity contribution in [3.05, 3.63) is 87.8 Å². The number of carbonyl (C=O) groups excluding carboxylic acids is 2. The number of benzene rings is 2. The molecular weight excluding hydrogens is 625 g/mol. The van der Waals surface area contributed by atoms with Gasteiger partial charge in [-0.1, -0.05) is 6.07 Å². The maximum absolute atomic E-state index is 14.1. The van der Waals surface area contributed by atoms with Crippen molar-refractivity contribution < 1.29 is 27.2 Å². The normalized spacial score (nSPS) is 16.7. The third kappa shape index (κ3) is 7.52. The number of halogens is 3. The zero-order chi connectivity index (χ0) is 34.8. The molecule has 14 heteroatoms. The number of nitriles is 1. The van der Waals surface area contributed by atoms with Gasteiger partial charge < -0.3 is 15.1 Å². The van der Waals surface area contributed by atoms with E-state index in [9.17, 15) is 32.8 Å². The van der Waals surface area contributed by atoms with Gasteiger partial charge in [0.15, 0.2) is 6.54 Å². The Morgan fingerprint density at radius 2 is 1.71 bits per heavy atom. The van der Waals surface area contributed by atoms with Gasteiger partial charge in [0, 0.05) is 19.6 Å². The van der Waals surface area contributed by atoms with Gasteiger partial charge in [-0.3, -0.25) is 19.1 Å². The molecule has 2 amide bonds. The molecule has 0 aliphatic heterocycles. The van der Waals surface area contributed by atoms with Gasteiger partial charge in [-0.25, -0.2) is 9.36 Å². The molecule has 0 saturated heterocycles. The van der Waals surface area contributed by atoms with E-state index in [1.165, 1.54) is 34.7 Å². The summed E-state index contributed by atoms with van der Waals surface area (Å²) < 4.78 is 45.4. The van der Waals surface area contributed by atoms with Crippen molar-refractivity contribution in [1.29, 1.82) is 5.26 Å². The van der Waals surface area contributed by atoms with Crippen molar-refractivity contribution in [2.75, 3.05) is 34.2 Å². The maximum atomic E-state index is 14.1. The van der Waals surface area contributed by atoms with Gasteiger partial charge in [-0.05, 0) is 80.1 Å². The summed E-state index contributed by atoms with van der Waals surface area (Å²) >= 11 is 0. The molecule has 252 valence electrons. The first-order valence-corrected chi connectivity index (χ1v) is 15.6. The summed E-state index contributed by atoms with van der Waals surface area (Å²) in [7, 11) is 7.34. The zero-order valence-electron chi connectivity index (χ0n) is 27.2. The fourth-order valence-corrected chi connectivity index (χ4v) is 6.09. The quantitative estimate of drug-likeness (QED) is 0.262. The predicted octanol–water partition coefficient (Wildman–Crippen LogP) is 4.03. The van der Waals surface area contributed by atoms with Crippen LogP contribution in [0.4, 0.5) is 13.2 Å². The summed E-state index contributed by atoms with van der Waals surface area (Å²) in [4.78, 5) is 40.3. The number of hydrogen-bond donors (Lipinski definition) is 2. The molecule has 0 spiro atoms. The van der Waals surface area contributed by atoms with Crippen molar-refractivity contribution >= 4 is 11.8 Å². The smallest absolute Gasteiger partial charge is 0.351 e. The number of rotatable bonds is 9. The topological polar surface area (TPSA) is 127 Å². The molecular formula is C34H38F3N8O3+. The average Bonchev–Trinajstić information content (AvgIpc) is 3.61. The fraction of sp³-hybridized carbons (Fsp3) is 0.382. The van der Waals surface area contributed by atoms with Crippen LogP contribution >= 0.6 is 0 Å². The van der Waals surface area contributed by atoms with Crippen LogP contribution in [0.25, 0.3) is 22.8 Å². The van der Waals surface area contributed by atoms with E-state index in [0.717, 1.165) is 29.7 Å². The van der Waals surface area contributed by atoms with Gasteiger partial charge in [0.1, 0.15) is 11.3 Å². The number of likely N-dealkylation sites (N-methyl/N-ethyl adjacent to an activating group) is 1. The molecule has 5 rings (SSSR count). The lowest BCUT2D eigenvalue weighted by Gasteiger charge is -2.29. The first-order chi connectivity index (χ1) is 22.7. The van der Waals surface area contributed by atoms with Crippen LogP contribution in [0, 0.1) is 17.2 Å². The van der Waals surface area contributed by atoms with Crippen molar-refractivity contribution in [2.24, 2.45) is 13.0 Å². The molecule has 0 atom stereocenters. The maximum Gasteiger partial charge on any atom is 0.416 e. The van der Waals surface area contributed by atoms with Crippen LogP contribution in [-0.2, 0) is 18.0 Å². The van der Waals surface area contributed by atoms with Crippen molar-refractivity contribution in [3.63, 3.8) is 0 Å². The van der Waals surface area contributed by atoms with Crippen LogP contribution in [0.3, 0.4) is 0 Å². The molecule has 2 N–H and O–H groups in total. The number of aromatic nitrogens is 4. The average molecular weight is 664 g/mol. The lowest BCUT2D eigenvalue weighted by Crippen LogP contribution is -2.46. The van der Waals surface area contributed by atoms with Gasteiger partial charge in [0.25, 0.3) is 17.4 Å². The number of carbonyl (C=O) groups is 2. The Balaban J connectivity index is 1.46. The summed E-state index contributed by atoms with van der Waals surface area (Å²) in [5.74, 6) is -0.419. The number of amides is 2. The summed E-state index contributed by atoms with van der Waals surface area (Å²) in [6.07, 6.45) is -0.366. The van der Waals surface area contributed by atoms with Crippen LogP contribution in [0.5, 0.6) is 0 Å². The highest BCUT2D eigenvalue weighted by Crippen LogP contribution is 2.32. The molecule has 1 aliphatic rings. The van der Waals surface area contributed by atoms with Crippen molar-refractivity contribution in [1.82, 2.24) is 29.8 Å². The molecule has 0 radical (unpaired) electrons. The standard InChI is InChI=1S/C34H37F3N8O3/c1-42-31(28-16-17-40-43(28)26-14-10-22(19-38)11-15-26)30(33(48)44(42)27-7-5-6-24(18-27)34(35,36)37)32(47)41-25-12-8-23(9-13-25)20-39-29(46)21-45(2,3)4/h5-7,10-11,14-18,23,25H,8-9,12-13,20-21H2,1-4H3,(H-,39,41,46,47)/p+1. The molecule has 11 nitrogen and oxygen atoms in total. The Bertz CT molecular complexity index is 1900. The predicted molar refractivity (Wildman–Crippen MR) is 172 cm³/mol. The molecule has 2 aromatic heterocycles. The Kier molecular flexibility index (Phi) is 9.63. The van der Waals surface area contributed by atoms with E-state index in [1.54, 1.807) is 30.3 Å². The highest BCUT2D eigenvalue weighted by Gasteiger charge is 2.33. The number of hydrogen-bond acceptors (Lipinski definition) is 5. The van der Waals surface area contributed by atoms with Crippen molar-refractivity contribution in [3.8, 4) is 28.8 Å². The van der Waals surface area contributed by atoms with Gasteiger partial charge in [-0.2, -0.15) is 23.5 Å². The second-order valence-electron chi connectivity index (χ2n) is 13.1. The van der Waals surface area contributed by atoms with Gasteiger partial charge in [0.05, 0.1) is 61.6 Å². The minimum atomic E-state index is -4.64. The van der Waals surface area contributed by atoms with Crippen LogP contribution in [-0.4, -0.2) is 75.7 Å². The largest absolute Gasteiger partial charge is 0.416 e. The molecule has 0 bridgehead atoms. The SMILES string of the molecule is Cn1c(-c2ccnn2-c2ccc(C#N)cc2)c(C(=O)NC2CCC(CNC(=O)C[N+](C)(C)C)CC2)c(=O)n1-c1cccc(C(F)(F)F)c1. The summed E-state index contributed by atoms with van der Waals surface area (Å²) in [6, 6.07) is 14.3. The number of nitrogens with zero attached hydrogens (tertiary/aromatic N) is 6. The van der Waals surface area contributed by atoms with E-state index < -0.39 is 23.2 Å². The number of alkyl halides is 3. The molecule has 2 aromatic carbocycles. The summed E-state index contributed by atoms with van der Waals surface area (Å²) in [5, 5.41) is 19.6. The van der Waals surface area contributed by atoms with Crippen molar-refractivity contribution in [2.45, 2.75) is 37.9 Å². The monoisotopic (exact) mass is 663 g/mol. The van der Waals surface area contributed by atoms with Crippen LogP contribution in [0.1, 0.15) is 47.2 Å². The van der Waals surface area contributed by atoms with Crippen LogP contribution in [0.15, 0.2) is 65.6 Å². The Morgan fingerprint density at radius 3 is 2.33 bits per heavy atom. The molecule has 0 unspecified atom stereocenters. The van der Waals surface area contributed by atoms with Crippen LogP contribution in [0.2, 0.25) is 0 Å². The van der Waals surface area contributed by atoms with Gasteiger partial charge in [-0.15, -0.1) is 0 Å². The number of nitrogens with one attached hydrogen (secondary N) is 2. The second kappa shape index (κ2) is 13.5. The third-order valence-corrected chi connectivity index (χ3v) is 8.43. The lowest BCUT2D eigenvalue weighted by atomic mass is 9.86. The van der Waals surface area contributed by atoms with E-state index in [-0.39, 0.29) is 34.8 Å². The number of quaternary nitrogens is 1.